The van der Waals surface area contributed by atoms with Crippen LogP contribution < -0.4 is 4.74 Å². The maximum absolute atomic E-state index is 12.0. The van der Waals surface area contributed by atoms with Gasteiger partial charge in [-0.1, -0.05) is 6.07 Å². The van der Waals surface area contributed by atoms with E-state index < -0.39 is 6.10 Å². The molecule has 0 aliphatic carbocycles. The summed E-state index contributed by atoms with van der Waals surface area (Å²) in [5, 5.41) is 27.1. The molecule has 0 saturated carbocycles. The van der Waals surface area contributed by atoms with E-state index in [2.05, 4.69) is 32.3 Å². The number of aliphatic hydroxyl groups is 1. The van der Waals surface area contributed by atoms with Crippen LogP contribution in [0.4, 0.5) is 0 Å². The Hall–Kier alpha value is -4.16. The molecule has 4 heterocycles. The molecule has 1 aliphatic rings. The number of nitriles is 1. The van der Waals surface area contributed by atoms with Crippen LogP contribution in [-0.2, 0) is 4.79 Å². The van der Waals surface area contributed by atoms with Gasteiger partial charge in [0.1, 0.15) is 29.7 Å². The summed E-state index contributed by atoms with van der Waals surface area (Å²) >= 11 is 0. The highest BCUT2D eigenvalue weighted by molar-refractivity contribution is 5.96. The van der Waals surface area contributed by atoms with Gasteiger partial charge in [0.05, 0.1) is 11.8 Å². The topological polar surface area (TPSA) is 131 Å². The van der Waals surface area contributed by atoms with E-state index in [0.29, 0.717) is 37.2 Å². The van der Waals surface area contributed by atoms with Crippen LogP contribution in [0.15, 0.2) is 49.1 Å². The van der Waals surface area contributed by atoms with Crippen molar-refractivity contribution in [2.45, 2.75) is 32.0 Å². The van der Waals surface area contributed by atoms with Crippen LogP contribution in [0.25, 0.3) is 33.3 Å². The van der Waals surface area contributed by atoms with Gasteiger partial charge >= 0.3 is 0 Å². The summed E-state index contributed by atoms with van der Waals surface area (Å²) in [7, 11) is 0. The number of fused-ring (bicyclic) bond motifs is 1. The second-order valence-electron chi connectivity index (χ2n) is 8.45. The molecule has 34 heavy (non-hydrogen) atoms. The van der Waals surface area contributed by atoms with Crippen molar-refractivity contribution in [1.82, 2.24) is 25.1 Å². The van der Waals surface area contributed by atoms with E-state index in [-0.39, 0.29) is 12.0 Å². The molecule has 1 fully saturated rings. The van der Waals surface area contributed by atoms with Crippen LogP contribution in [0.3, 0.4) is 0 Å². The Bertz CT molecular complexity index is 1360. The van der Waals surface area contributed by atoms with E-state index in [0.717, 1.165) is 33.3 Å². The van der Waals surface area contributed by atoms with Crippen molar-refractivity contribution in [3.8, 4) is 34.1 Å². The number of ether oxygens (including phenoxy) is 1. The smallest absolute Gasteiger partial charge is 0.251 e. The Morgan fingerprint density at radius 2 is 2.03 bits per heavy atom. The van der Waals surface area contributed by atoms with E-state index in [4.69, 9.17) is 4.74 Å². The molecule has 172 valence electrons. The highest BCUT2D eigenvalue weighted by Gasteiger charge is 2.26. The van der Waals surface area contributed by atoms with Gasteiger partial charge in [-0.25, -0.2) is 4.98 Å². The number of hydrogen-bond acceptors (Lipinski definition) is 6. The summed E-state index contributed by atoms with van der Waals surface area (Å²) in [6.45, 7) is 2.53. The lowest BCUT2D eigenvalue weighted by Gasteiger charge is -2.33. The monoisotopic (exact) mass is 456 g/mol. The molecule has 9 nitrogen and oxygen atoms in total. The summed E-state index contributed by atoms with van der Waals surface area (Å²) in [5.41, 5.74) is 4.94. The fourth-order valence-corrected chi connectivity index (χ4v) is 4.33. The maximum Gasteiger partial charge on any atom is 0.251 e. The van der Waals surface area contributed by atoms with Gasteiger partial charge < -0.3 is 19.7 Å². The van der Waals surface area contributed by atoms with Gasteiger partial charge in [-0.05, 0) is 30.7 Å². The van der Waals surface area contributed by atoms with Gasteiger partial charge in [0, 0.05) is 66.6 Å². The number of nitrogens with zero attached hydrogens (tertiary/aromatic N) is 4. The number of pyridine rings is 1. The number of piperidine rings is 1. The zero-order valence-electron chi connectivity index (χ0n) is 18.7. The third-order valence-corrected chi connectivity index (χ3v) is 6.18. The van der Waals surface area contributed by atoms with Gasteiger partial charge in [-0.15, -0.1) is 0 Å². The Balaban J connectivity index is 1.37. The normalized spacial score (nSPS) is 15.3. The minimum absolute atomic E-state index is 0.0918. The number of hydrogen-bond donors (Lipinski definition) is 3. The molecular formula is C25H24N6O3. The molecule has 0 spiro atoms. The second kappa shape index (κ2) is 9.00. The number of aromatic amines is 2. The largest absolute Gasteiger partial charge is 0.489 e. The van der Waals surface area contributed by atoms with Crippen molar-refractivity contribution >= 4 is 16.9 Å². The molecule has 9 heteroatoms. The Labute approximate surface area is 196 Å². The lowest BCUT2D eigenvalue weighted by Crippen LogP contribution is -2.45. The van der Waals surface area contributed by atoms with Gasteiger partial charge in [-0.2, -0.15) is 10.4 Å². The molecule has 1 aromatic carbocycles. The molecule has 3 N–H and O–H groups in total. The summed E-state index contributed by atoms with van der Waals surface area (Å²) in [6, 6.07) is 9.90. The van der Waals surface area contributed by atoms with Crippen molar-refractivity contribution < 1.29 is 14.6 Å². The fourth-order valence-electron chi connectivity index (χ4n) is 4.33. The molecule has 1 unspecified atom stereocenters. The van der Waals surface area contributed by atoms with Crippen molar-refractivity contribution in [2.24, 2.45) is 0 Å². The molecule has 0 bridgehead atoms. The lowest BCUT2D eigenvalue weighted by molar-refractivity contribution is -0.141. The average Bonchev–Trinajstić information content (AvgIpc) is 3.54. The predicted molar refractivity (Wildman–Crippen MR) is 126 cm³/mol. The maximum atomic E-state index is 12.0. The Morgan fingerprint density at radius 3 is 2.74 bits per heavy atom. The molecule has 1 aliphatic heterocycles. The number of carbonyl (C=O) groups is 1. The van der Waals surface area contributed by atoms with Gasteiger partial charge in [-0.3, -0.25) is 9.89 Å². The average molecular weight is 457 g/mol. The molecule has 0 radical (unpaired) electrons. The molecule has 4 aromatic rings. The number of rotatable bonds is 5. The predicted octanol–water partition coefficient (Wildman–Crippen LogP) is 3.24. The van der Waals surface area contributed by atoms with Gasteiger partial charge in [0.2, 0.25) is 0 Å². The zero-order chi connectivity index (χ0) is 23.7. The van der Waals surface area contributed by atoms with Crippen LogP contribution in [0.5, 0.6) is 5.75 Å². The van der Waals surface area contributed by atoms with Crippen molar-refractivity contribution in [3.05, 3.63) is 54.6 Å². The first-order valence-corrected chi connectivity index (χ1v) is 11.2. The highest BCUT2D eigenvalue weighted by Crippen LogP contribution is 2.34. The number of aromatic nitrogens is 4. The van der Waals surface area contributed by atoms with E-state index in [9.17, 15) is 15.2 Å². The van der Waals surface area contributed by atoms with Crippen LogP contribution in [0.1, 0.15) is 25.3 Å². The van der Waals surface area contributed by atoms with Crippen LogP contribution >= 0.6 is 0 Å². The summed E-state index contributed by atoms with van der Waals surface area (Å²) < 4.78 is 6.14. The van der Waals surface area contributed by atoms with Crippen LogP contribution in [0.2, 0.25) is 0 Å². The van der Waals surface area contributed by atoms with Crippen LogP contribution in [0, 0.1) is 11.3 Å². The number of benzene rings is 1. The number of aliphatic hydroxyl groups excluding tert-OH is 1. The quantitative estimate of drug-likeness (QED) is 0.423. The Morgan fingerprint density at radius 1 is 1.21 bits per heavy atom. The SMILES string of the molecule is CC(O)C(=O)N1CCC(Oc2ccc(-c3c[nH]c4ncc(-c5cn[nH]c5)cc34)cc2C#N)CC1. The molecular weight excluding hydrogens is 432 g/mol. The zero-order valence-corrected chi connectivity index (χ0v) is 18.7. The number of likely N-dealkylation sites (tertiary alicyclic amines) is 1. The van der Waals surface area contributed by atoms with Gasteiger partial charge in [0.25, 0.3) is 5.91 Å². The minimum Gasteiger partial charge on any atom is -0.489 e. The number of nitrogens with one attached hydrogen (secondary N) is 2. The number of H-pyrrole nitrogens is 2. The van der Waals surface area contributed by atoms with E-state index in [1.807, 2.05) is 30.6 Å². The summed E-state index contributed by atoms with van der Waals surface area (Å²) in [6.07, 6.45) is 7.47. The lowest BCUT2D eigenvalue weighted by atomic mass is 10.0. The van der Waals surface area contributed by atoms with E-state index in [1.54, 1.807) is 17.3 Å². The molecule has 1 atom stereocenters. The molecule has 3 aromatic heterocycles. The third kappa shape index (κ3) is 4.11. The van der Waals surface area contributed by atoms with E-state index >= 15 is 0 Å². The Kier molecular flexibility index (Phi) is 5.74. The van der Waals surface area contributed by atoms with Crippen molar-refractivity contribution in [1.29, 1.82) is 5.26 Å². The number of amides is 1. The first-order chi connectivity index (χ1) is 16.5. The van der Waals surface area contributed by atoms with Gasteiger partial charge in [0.15, 0.2) is 0 Å². The first-order valence-electron chi connectivity index (χ1n) is 11.2. The molecule has 5 rings (SSSR count). The minimum atomic E-state index is -0.995. The van der Waals surface area contributed by atoms with E-state index in [1.165, 1.54) is 6.92 Å². The summed E-state index contributed by atoms with van der Waals surface area (Å²) in [4.78, 5) is 21.3. The molecule has 1 saturated heterocycles. The molecule has 1 amide bonds. The standard InChI is InChI=1S/C25H24N6O3/c1-15(32)25(33)31-6-4-20(5-7-31)34-23-3-2-16(8-17(23)10-26)22-14-28-24-21(22)9-18(11-27-24)19-12-29-30-13-19/h2-3,8-9,11-15,20,32H,4-7H2,1H3,(H,27,28)(H,29,30). The first kappa shape index (κ1) is 21.7. The van der Waals surface area contributed by atoms with Crippen LogP contribution in [-0.4, -0.2) is 61.4 Å². The third-order valence-electron chi connectivity index (χ3n) is 6.18. The highest BCUT2D eigenvalue weighted by atomic mass is 16.5. The fraction of sp³-hybridized carbons (Fsp3) is 0.280. The second-order valence-corrected chi connectivity index (χ2v) is 8.45. The van der Waals surface area contributed by atoms with Crippen molar-refractivity contribution in [3.63, 3.8) is 0 Å². The summed E-state index contributed by atoms with van der Waals surface area (Å²) in [5.74, 6) is 0.272. The van der Waals surface area contributed by atoms with Crippen molar-refractivity contribution in [2.75, 3.05) is 13.1 Å². The number of carbonyl (C=O) groups excluding carboxylic acids is 1.